The molecule has 0 aliphatic rings. The van der Waals surface area contributed by atoms with Crippen LogP contribution in [-0.2, 0) is 6.54 Å². The molecular weight excluding hydrogens is 341 g/mol. The Morgan fingerprint density at radius 2 is 2.22 bits per heavy atom. The lowest BCUT2D eigenvalue weighted by Gasteiger charge is -2.08. The summed E-state index contributed by atoms with van der Waals surface area (Å²) in [7, 11) is 0. The Balaban J connectivity index is 2.38. The van der Waals surface area contributed by atoms with E-state index in [-0.39, 0.29) is 0 Å². The summed E-state index contributed by atoms with van der Waals surface area (Å²) in [5.74, 6) is 1.60. The average molecular weight is 357 g/mol. The maximum atomic E-state index is 4.56. The van der Waals surface area contributed by atoms with E-state index in [9.17, 15) is 0 Å². The van der Waals surface area contributed by atoms with Crippen LogP contribution in [0.4, 0.5) is 5.82 Å². The smallest absolute Gasteiger partial charge is 0.179 e. The molecule has 2 rings (SSSR count). The van der Waals surface area contributed by atoms with Crippen LogP contribution in [0.2, 0.25) is 0 Å². The molecule has 0 saturated heterocycles. The largest absolute Gasteiger partial charge is 0.369 e. The van der Waals surface area contributed by atoms with Gasteiger partial charge in [-0.15, -0.1) is 0 Å². The molecule has 2 aromatic rings. The summed E-state index contributed by atoms with van der Waals surface area (Å²) in [5, 5.41) is 7.54. The van der Waals surface area contributed by atoms with E-state index in [0.717, 1.165) is 40.4 Å². The number of nitrogens with zero attached hydrogens (tertiary/aromatic N) is 4. The van der Waals surface area contributed by atoms with Gasteiger partial charge < -0.3 is 5.32 Å². The zero-order valence-electron chi connectivity index (χ0n) is 10.5. The van der Waals surface area contributed by atoms with Crippen LogP contribution in [0.15, 0.2) is 18.5 Å². The molecule has 18 heavy (non-hydrogen) atoms. The normalized spacial score (nSPS) is 10.6. The zero-order valence-corrected chi connectivity index (χ0v) is 12.7. The number of anilines is 1. The fourth-order valence-electron chi connectivity index (χ4n) is 1.69. The number of rotatable bonds is 5. The number of aromatic nitrogens is 4. The average Bonchev–Trinajstić information content (AvgIpc) is 2.81. The fraction of sp³-hybridized carbons (Fsp3) is 0.417. The second-order valence-corrected chi connectivity index (χ2v) is 5.02. The Labute approximate surface area is 120 Å². The van der Waals surface area contributed by atoms with Crippen LogP contribution in [0.1, 0.15) is 20.3 Å². The maximum Gasteiger partial charge on any atom is 0.179 e. The summed E-state index contributed by atoms with van der Waals surface area (Å²) < 4.78 is 2.97. The summed E-state index contributed by atoms with van der Waals surface area (Å²) in [6, 6.07) is 1.95. The summed E-state index contributed by atoms with van der Waals surface area (Å²) in [5.41, 5.74) is 0.965. The minimum atomic E-state index is 0.720. The molecule has 96 valence electrons. The van der Waals surface area contributed by atoms with Crippen molar-refractivity contribution in [2.24, 2.45) is 0 Å². The van der Waals surface area contributed by atoms with Gasteiger partial charge in [0.2, 0.25) is 0 Å². The molecule has 0 spiro atoms. The second kappa shape index (κ2) is 6.12. The van der Waals surface area contributed by atoms with Crippen LogP contribution in [0.5, 0.6) is 0 Å². The minimum Gasteiger partial charge on any atom is -0.369 e. The van der Waals surface area contributed by atoms with Gasteiger partial charge >= 0.3 is 0 Å². The number of nitrogens with one attached hydrogen (secondary N) is 1. The molecule has 0 bridgehead atoms. The van der Waals surface area contributed by atoms with E-state index in [0.29, 0.717) is 0 Å². The van der Waals surface area contributed by atoms with E-state index in [1.54, 1.807) is 6.20 Å². The lowest BCUT2D eigenvalue weighted by atomic mass is 10.3. The Bertz CT molecular complexity index is 523. The third kappa shape index (κ3) is 2.80. The van der Waals surface area contributed by atoms with Crippen molar-refractivity contribution in [1.82, 2.24) is 19.7 Å². The van der Waals surface area contributed by atoms with Gasteiger partial charge in [0.25, 0.3) is 0 Å². The Morgan fingerprint density at radius 1 is 1.39 bits per heavy atom. The van der Waals surface area contributed by atoms with E-state index in [4.69, 9.17) is 0 Å². The van der Waals surface area contributed by atoms with Crippen molar-refractivity contribution in [3.63, 3.8) is 0 Å². The van der Waals surface area contributed by atoms with E-state index < -0.39 is 0 Å². The number of aryl methyl sites for hydroxylation is 1. The molecule has 5 nitrogen and oxygen atoms in total. The molecule has 6 heteroatoms. The lowest BCUT2D eigenvalue weighted by Crippen LogP contribution is -2.07. The zero-order chi connectivity index (χ0) is 13.0. The fourth-order valence-corrected chi connectivity index (χ4v) is 2.15. The summed E-state index contributed by atoms with van der Waals surface area (Å²) in [6.07, 6.45) is 4.67. The lowest BCUT2D eigenvalue weighted by molar-refractivity contribution is 0.606. The maximum absolute atomic E-state index is 4.56. The number of halogens is 1. The van der Waals surface area contributed by atoms with Crippen LogP contribution in [0, 0.1) is 3.57 Å². The Hall–Kier alpha value is -1.18. The molecule has 0 atom stereocenters. The SMILES string of the molecule is CCCn1nccc1-c1ncc(I)c(NCC)n1. The highest BCUT2D eigenvalue weighted by molar-refractivity contribution is 14.1. The molecular formula is C12H16IN5. The molecule has 0 aliphatic carbocycles. The molecule has 2 heterocycles. The molecule has 0 aromatic carbocycles. The van der Waals surface area contributed by atoms with Crippen LogP contribution >= 0.6 is 22.6 Å². The first-order valence-electron chi connectivity index (χ1n) is 6.04. The van der Waals surface area contributed by atoms with Gasteiger partial charge in [0.15, 0.2) is 5.82 Å². The molecule has 1 N–H and O–H groups in total. The van der Waals surface area contributed by atoms with Crippen LogP contribution in [0.3, 0.4) is 0 Å². The highest BCUT2D eigenvalue weighted by Crippen LogP contribution is 2.20. The van der Waals surface area contributed by atoms with E-state index >= 15 is 0 Å². The number of hydrogen-bond acceptors (Lipinski definition) is 4. The van der Waals surface area contributed by atoms with Crippen LogP contribution in [-0.4, -0.2) is 26.3 Å². The third-order valence-electron chi connectivity index (χ3n) is 2.47. The van der Waals surface area contributed by atoms with Crippen molar-refractivity contribution >= 4 is 28.4 Å². The van der Waals surface area contributed by atoms with Gasteiger partial charge in [-0.05, 0) is 42.0 Å². The predicted octanol–water partition coefficient (Wildman–Crippen LogP) is 2.79. The van der Waals surface area contributed by atoms with Crippen molar-refractivity contribution in [3.05, 3.63) is 22.0 Å². The highest BCUT2D eigenvalue weighted by atomic mass is 127. The van der Waals surface area contributed by atoms with E-state index in [1.807, 2.05) is 16.9 Å². The monoisotopic (exact) mass is 357 g/mol. The predicted molar refractivity (Wildman–Crippen MR) is 80.4 cm³/mol. The highest BCUT2D eigenvalue weighted by Gasteiger charge is 2.10. The van der Waals surface area contributed by atoms with Gasteiger partial charge in [-0.1, -0.05) is 6.92 Å². The van der Waals surface area contributed by atoms with Gasteiger partial charge in [-0.3, -0.25) is 4.68 Å². The van der Waals surface area contributed by atoms with Gasteiger partial charge in [0, 0.05) is 25.5 Å². The van der Waals surface area contributed by atoms with Crippen LogP contribution in [0.25, 0.3) is 11.5 Å². The first-order valence-corrected chi connectivity index (χ1v) is 7.12. The number of hydrogen-bond donors (Lipinski definition) is 1. The van der Waals surface area contributed by atoms with E-state index in [1.165, 1.54) is 0 Å². The molecule has 0 fully saturated rings. The Morgan fingerprint density at radius 3 is 2.94 bits per heavy atom. The standard InChI is InChI=1S/C12H16IN5/c1-3-7-18-10(5-6-16-18)12-15-8-9(13)11(17-12)14-4-2/h5-6,8H,3-4,7H2,1-2H3,(H,14,15,17). The van der Waals surface area contributed by atoms with Crippen molar-refractivity contribution in [2.45, 2.75) is 26.8 Å². The van der Waals surface area contributed by atoms with Gasteiger partial charge in [-0.2, -0.15) is 5.10 Å². The quantitative estimate of drug-likeness (QED) is 0.837. The van der Waals surface area contributed by atoms with Gasteiger partial charge in [0.05, 0.1) is 3.57 Å². The molecule has 2 aromatic heterocycles. The van der Waals surface area contributed by atoms with E-state index in [2.05, 4.69) is 56.8 Å². The van der Waals surface area contributed by atoms with Crippen molar-refractivity contribution in [3.8, 4) is 11.5 Å². The second-order valence-electron chi connectivity index (χ2n) is 3.86. The van der Waals surface area contributed by atoms with Crippen LogP contribution < -0.4 is 5.32 Å². The van der Waals surface area contributed by atoms with Gasteiger partial charge in [0.1, 0.15) is 11.5 Å². The summed E-state index contributed by atoms with van der Waals surface area (Å²) in [6.45, 7) is 5.92. The first kappa shape index (κ1) is 13.3. The Kier molecular flexibility index (Phi) is 4.51. The molecule has 0 unspecified atom stereocenters. The topological polar surface area (TPSA) is 55.6 Å². The molecule has 0 aliphatic heterocycles. The minimum absolute atomic E-state index is 0.720. The molecule has 0 amide bonds. The summed E-state index contributed by atoms with van der Waals surface area (Å²) in [4.78, 5) is 8.94. The van der Waals surface area contributed by atoms with Crippen molar-refractivity contribution < 1.29 is 0 Å². The first-order chi connectivity index (χ1) is 8.76. The molecule has 0 saturated carbocycles. The van der Waals surface area contributed by atoms with Crippen molar-refractivity contribution in [2.75, 3.05) is 11.9 Å². The van der Waals surface area contributed by atoms with Gasteiger partial charge in [-0.25, -0.2) is 9.97 Å². The van der Waals surface area contributed by atoms with Crippen molar-refractivity contribution in [1.29, 1.82) is 0 Å². The summed E-state index contributed by atoms with van der Waals surface area (Å²) >= 11 is 2.23. The molecule has 0 radical (unpaired) electrons. The third-order valence-corrected chi connectivity index (χ3v) is 3.26.